The van der Waals surface area contributed by atoms with Crippen molar-refractivity contribution in [3.63, 3.8) is 0 Å². The first-order valence-electron chi connectivity index (χ1n) is 3.46. The monoisotopic (exact) mass is 162 g/mol. The Kier molecular flexibility index (Phi) is 8.21. The Morgan fingerprint density at radius 3 is 2.83 bits per heavy atom. The molecule has 0 amide bonds. The summed E-state index contributed by atoms with van der Waals surface area (Å²) in [5, 5.41) is 0. The number of hydrogen-bond acceptors (Lipinski definition) is 2. The molecule has 0 aromatic carbocycles. The van der Waals surface area contributed by atoms with E-state index in [9.17, 15) is 0 Å². The van der Waals surface area contributed by atoms with E-state index in [4.69, 9.17) is 15.9 Å². The summed E-state index contributed by atoms with van der Waals surface area (Å²) < 4.78 is 9.81. The number of hydrogen-bond donors (Lipinski definition) is 0. The van der Waals surface area contributed by atoms with Gasteiger partial charge in [-0.2, -0.15) is 0 Å². The molecule has 0 unspecified atom stereocenters. The third kappa shape index (κ3) is 8.44. The van der Waals surface area contributed by atoms with Gasteiger partial charge in [-0.3, -0.25) is 0 Å². The molecule has 0 aliphatic carbocycles. The maximum Gasteiger partial charge on any atom is 0.124 e. The predicted molar refractivity (Wildman–Crippen MR) is 46.8 cm³/mol. The first kappa shape index (κ1) is 10.4. The Morgan fingerprint density at radius 1 is 1.33 bits per heavy atom. The molecule has 0 N–H and O–H groups in total. The SMILES string of the molecule is C#CC#COCCOCC#CC. The van der Waals surface area contributed by atoms with Gasteiger partial charge in [0.1, 0.15) is 19.3 Å². The van der Waals surface area contributed by atoms with Crippen LogP contribution in [0.2, 0.25) is 0 Å². The molecular weight excluding hydrogens is 152 g/mol. The summed E-state index contributed by atoms with van der Waals surface area (Å²) in [4.78, 5) is 0. The zero-order valence-corrected chi connectivity index (χ0v) is 7.02. The normalized spacial score (nSPS) is 6.67. The van der Waals surface area contributed by atoms with Crippen molar-refractivity contribution >= 4 is 0 Å². The summed E-state index contributed by atoms with van der Waals surface area (Å²) in [6.45, 7) is 3.09. The molecule has 0 saturated heterocycles. The third-order valence-corrected chi connectivity index (χ3v) is 0.876. The van der Waals surface area contributed by atoms with Crippen molar-refractivity contribution in [1.29, 1.82) is 0 Å². The van der Waals surface area contributed by atoms with Gasteiger partial charge in [0.25, 0.3) is 0 Å². The van der Waals surface area contributed by atoms with Gasteiger partial charge in [-0.1, -0.05) is 5.92 Å². The summed E-state index contributed by atoms with van der Waals surface area (Å²) in [7, 11) is 0. The highest BCUT2D eigenvalue weighted by molar-refractivity contribution is 5.18. The van der Waals surface area contributed by atoms with Crippen LogP contribution in [0, 0.1) is 36.2 Å². The maximum atomic E-state index is 5.04. The fraction of sp³-hybridized carbons (Fsp3) is 0.400. The van der Waals surface area contributed by atoms with Crippen molar-refractivity contribution in [2.24, 2.45) is 0 Å². The Bertz CT molecular complexity index is 252. The molecule has 0 radical (unpaired) electrons. The Hall–Kier alpha value is -1.56. The molecule has 0 saturated carbocycles. The highest BCUT2D eigenvalue weighted by Crippen LogP contribution is 1.75. The van der Waals surface area contributed by atoms with Gasteiger partial charge in [-0.15, -0.1) is 12.3 Å². The Labute approximate surface area is 73.2 Å². The highest BCUT2D eigenvalue weighted by atomic mass is 16.5. The van der Waals surface area contributed by atoms with E-state index >= 15 is 0 Å². The lowest BCUT2D eigenvalue weighted by molar-refractivity contribution is 0.113. The van der Waals surface area contributed by atoms with E-state index in [0.717, 1.165) is 0 Å². The molecule has 0 heterocycles. The van der Waals surface area contributed by atoms with E-state index in [1.54, 1.807) is 6.92 Å². The molecule has 0 fully saturated rings. The van der Waals surface area contributed by atoms with Crippen LogP contribution in [0.4, 0.5) is 0 Å². The average molecular weight is 162 g/mol. The smallest absolute Gasteiger partial charge is 0.124 e. The lowest BCUT2D eigenvalue weighted by Gasteiger charge is -1.96. The van der Waals surface area contributed by atoms with E-state index in [2.05, 4.69) is 29.8 Å². The zero-order chi connectivity index (χ0) is 9.07. The minimum atomic E-state index is 0.417. The van der Waals surface area contributed by atoms with E-state index in [1.807, 2.05) is 0 Å². The molecule has 0 atom stereocenters. The van der Waals surface area contributed by atoms with Crippen molar-refractivity contribution in [1.82, 2.24) is 0 Å². The highest BCUT2D eigenvalue weighted by Gasteiger charge is 1.82. The van der Waals surface area contributed by atoms with E-state index in [0.29, 0.717) is 19.8 Å². The van der Waals surface area contributed by atoms with Crippen LogP contribution < -0.4 is 0 Å². The van der Waals surface area contributed by atoms with Crippen molar-refractivity contribution < 1.29 is 9.47 Å². The molecule has 0 bridgehead atoms. The van der Waals surface area contributed by atoms with Gasteiger partial charge in [-0.05, 0) is 12.8 Å². The molecule has 0 aliphatic heterocycles. The topological polar surface area (TPSA) is 18.5 Å². The van der Waals surface area contributed by atoms with Crippen LogP contribution in [-0.4, -0.2) is 19.8 Å². The Balaban J connectivity index is 3.10. The van der Waals surface area contributed by atoms with Crippen LogP contribution in [0.3, 0.4) is 0 Å². The summed E-state index contributed by atoms with van der Waals surface area (Å²) in [5.74, 6) is 9.91. The fourth-order valence-electron chi connectivity index (χ4n) is 0.413. The molecule has 0 aromatic heterocycles. The molecule has 12 heavy (non-hydrogen) atoms. The average Bonchev–Trinajstić information content (AvgIpc) is 2.10. The van der Waals surface area contributed by atoms with Crippen LogP contribution in [0.1, 0.15) is 6.92 Å². The molecular formula is C10H10O2. The summed E-state index contributed by atoms with van der Waals surface area (Å²) in [6, 6.07) is 0. The van der Waals surface area contributed by atoms with E-state index in [-0.39, 0.29) is 0 Å². The van der Waals surface area contributed by atoms with Crippen LogP contribution in [0.15, 0.2) is 0 Å². The van der Waals surface area contributed by atoms with E-state index < -0.39 is 0 Å². The fourth-order valence-corrected chi connectivity index (χ4v) is 0.413. The van der Waals surface area contributed by atoms with Gasteiger partial charge >= 0.3 is 0 Å². The molecule has 2 heteroatoms. The summed E-state index contributed by atoms with van der Waals surface area (Å²) in [5.41, 5.74) is 0. The largest absolute Gasteiger partial charge is 0.443 e. The lowest BCUT2D eigenvalue weighted by Crippen LogP contribution is -2.01. The number of ether oxygens (including phenoxy) is 2. The first-order chi connectivity index (χ1) is 5.91. The van der Waals surface area contributed by atoms with Crippen LogP contribution in [-0.2, 0) is 9.47 Å². The Morgan fingerprint density at radius 2 is 2.17 bits per heavy atom. The van der Waals surface area contributed by atoms with Crippen molar-refractivity contribution in [3.05, 3.63) is 0 Å². The van der Waals surface area contributed by atoms with Crippen molar-refractivity contribution in [3.8, 4) is 36.2 Å². The zero-order valence-electron chi connectivity index (χ0n) is 7.02. The lowest BCUT2D eigenvalue weighted by atomic mass is 10.6. The van der Waals surface area contributed by atoms with Gasteiger partial charge in [0.15, 0.2) is 0 Å². The first-order valence-corrected chi connectivity index (χ1v) is 3.46. The van der Waals surface area contributed by atoms with Gasteiger partial charge in [0, 0.05) is 5.92 Å². The van der Waals surface area contributed by atoms with Gasteiger partial charge in [0.2, 0.25) is 0 Å². The van der Waals surface area contributed by atoms with Crippen LogP contribution >= 0.6 is 0 Å². The van der Waals surface area contributed by atoms with Gasteiger partial charge in [0.05, 0.1) is 6.61 Å². The van der Waals surface area contributed by atoms with Crippen molar-refractivity contribution in [2.75, 3.05) is 19.8 Å². The number of rotatable bonds is 4. The standard InChI is InChI=1S/C10H10O2/c1-3-5-7-11-9-10-12-8-6-4-2/h1H,8-10H2,2H3. The second kappa shape index (κ2) is 9.44. The minimum absolute atomic E-state index is 0.417. The molecule has 0 aliphatic rings. The third-order valence-electron chi connectivity index (χ3n) is 0.876. The van der Waals surface area contributed by atoms with Crippen LogP contribution in [0.25, 0.3) is 0 Å². The van der Waals surface area contributed by atoms with Crippen molar-refractivity contribution in [2.45, 2.75) is 6.92 Å². The summed E-state index contributed by atoms with van der Waals surface area (Å²) >= 11 is 0. The molecule has 0 spiro atoms. The minimum Gasteiger partial charge on any atom is -0.443 e. The molecule has 0 aromatic rings. The molecule has 0 rings (SSSR count). The maximum absolute atomic E-state index is 5.04. The number of terminal acetylenes is 1. The second-order valence-electron chi connectivity index (χ2n) is 1.70. The quantitative estimate of drug-likeness (QED) is 0.446. The molecule has 62 valence electrons. The van der Waals surface area contributed by atoms with Crippen LogP contribution in [0.5, 0.6) is 0 Å². The predicted octanol–water partition coefficient (Wildman–Crippen LogP) is 0.637. The van der Waals surface area contributed by atoms with Gasteiger partial charge < -0.3 is 9.47 Å². The second-order valence-corrected chi connectivity index (χ2v) is 1.70. The molecule has 2 nitrogen and oxygen atoms in total. The summed E-state index contributed by atoms with van der Waals surface area (Å²) in [6.07, 6.45) is 7.18. The van der Waals surface area contributed by atoms with E-state index in [1.165, 1.54) is 0 Å². The van der Waals surface area contributed by atoms with Gasteiger partial charge in [-0.25, -0.2) is 0 Å².